The van der Waals surface area contributed by atoms with Gasteiger partial charge in [0.05, 0.1) is 13.2 Å². The maximum absolute atomic E-state index is 12.2. The molecule has 0 fully saturated rings. The summed E-state index contributed by atoms with van der Waals surface area (Å²) in [5, 5.41) is 2.78. The van der Waals surface area contributed by atoms with E-state index in [0.29, 0.717) is 13.2 Å². The van der Waals surface area contributed by atoms with Gasteiger partial charge in [0.25, 0.3) is 0 Å². The zero-order valence-electron chi connectivity index (χ0n) is 8.69. The van der Waals surface area contributed by atoms with Crippen LogP contribution in [0.4, 0.5) is 0 Å². The maximum Gasteiger partial charge on any atom is 0.357 e. The van der Waals surface area contributed by atoms with Crippen molar-refractivity contribution in [1.82, 2.24) is 0 Å². The molecule has 5 heteroatoms. The molecular weight excluding hydrogens is 219 g/mol. The molecule has 1 rings (SSSR count). The van der Waals surface area contributed by atoms with Crippen LogP contribution in [0.5, 0.6) is 0 Å². The topological polar surface area (TPSA) is 35.5 Å². The van der Waals surface area contributed by atoms with Crippen molar-refractivity contribution >= 4 is 19.4 Å². The van der Waals surface area contributed by atoms with Gasteiger partial charge in [0.2, 0.25) is 0 Å². The standard InChI is InChI=1S/C9H17O3PS/c1-3-11-13(10,12-4-2)9-6-5-7-14-8-9/h8H,3-7H2,1-2H3. The highest BCUT2D eigenvalue weighted by Gasteiger charge is 2.29. The second-order valence-electron chi connectivity index (χ2n) is 2.92. The summed E-state index contributed by atoms with van der Waals surface area (Å²) in [5.74, 6) is 1.10. The molecule has 0 aromatic carbocycles. The Kier molecular flexibility index (Phi) is 5.24. The van der Waals surface area contributed by atoms with E-state index in [1.54, 1.807) is 11.8 Å². The fraction of sp³-hybridized carbons (Fsp3) is 0.778. The van der Waals surface area contributed by atoms with Gasteiger partial charge in [0.15, 0.2) is 0 Å². The second-order valence-corrected chi connectivity index (χ2v) is 5.98. The zero-order valence-corrected chi connectivity index (χ0v) is 10.4. The van der Waals surface area contributed by atoms with Crippen LogP contribution < -0.4 is 0 Å². The molecule has 1 aliphatic rings. The predicted molar refractivity (Wildman–Crippen MR) is 60.6 cm³/mol. The first kappa shape index (κ1) is 12.3. The minimum absolute atomic E-state index is 0.430. The molecule has 0 atom stereocenters. The quantitative estimate of drug-likeness (QED) is 0.683. The van der Waals surface area contributed by atoms with E-state index in [2.05, 4.69) is 0 Å². The maximum atomic E-state index is 12.2. The lowest BCUT2D eigenvalue weighted by molar-refractivity contribution is 0.225. The predicted octanol–water partition coefficient (Wildman–Crippen LogP) is 3.62. The molecule has 0 aliphatic carbocycles. The minimum Gasteiger partial charge on any atom is -0.306 e. The average Bonchev–Trinajstić information content (AvgIpc) is 2.20. The lowest BCUT2D eigenvalue weighted by Gasteiger charge is -2.21. The molecule has 3 nitrogen and oxygen atoms in total. The summed E-state index contributed by atoms with van der Waals surface area (Å²) >= 11 is 1.69. The zero-order chi connectivity index (χ0) is 10.4. The summed E-state index contributed by atoms with van der Waals surface area (Å²) in [6, 6.07) is 0. The number of thioether (sulfide) groups is 1. The summed E-state index contributed by atoms with van der Waals surface area (Å²) < 4.78 is 22.8. The van der Waals surface area contributed by atoms with Gasteiger partial charge in [0.1, 0.15) is 0 Å². The van der Waals surface area contributed by atoms with Crippen molar-refractivity contribution < 1.29 is 13.6 Å². The lowest BCUT2D eigenvalue weighted by atomic mass is 10.3. The van der Waals surface area contributed by atoms with Crippen molar-refractivity contribution in [3.63, 3.8) is 0 Å². The van der Waals surface area contributed by atoms with Crippen molar-refractivity contribution in [2.75, 3.05) is 19.0 Å². The molecule has 0 saturated heterocycles. The van der Waals surface area contributed by atoms with Crippen LogP contribution >= 0.6 is 19.4 Å². The Labute approximate surface area is 89.8 Å². The first-order chi connectivity index (χ1) is 6.73. The molecule has 0 aromatic heterocycles. The van der Waals surface area contributed by atoms with Crippen LogP contribution in [0.2, 0.25) is 0 Å². The summed E-state index contributed by atoms with van der Waals surface area (Å²) in [6.07, 6.45) is 1.89. The minimum atomic E-state index is -2.95. The Bertz CT molecular complexity index is 242. The molecule has 14 heavy (non-hydrogen) atoms. The molecule has 0 spiro atoms. The van der Waals surface area contributed by atoms with E-state index >= 15 is 0 Å². The first-order valence-corrected chi connectivity index (χ1v) is 7.52. The van der Waals surface area contributed by atoms with Gasteiger partial charge in [0, 0.05) is 5.31 Å². The number of hydrogen-bond acceptors (Lipinski definition) is 4. The summed E-state index contributed by atoms with van der Waals surface area (Å²) in [7, 11) is -2.95. The van der Waals surface area contributed by atoms with Crippen molar-refractivity contribution in [2.45, 2.75) is 26.7 Å². The fourth-order valence-electron chi connectivity index (χ4n) is 1.30. The third-order valence-electron chi connectivity index (χ3n) is 1.86. The smallest absolute Gasteiger partial charge is 0.306 e. The van der Waals surface area contributed by atoms with E-state index in [-0.39, 0.29) is 0 Å². The van der Waals surface area contributed by atoms with E-state index in [1.165, 1.54) is 0 Å². The molecule has 0 N–H and O–H groups in total. The molecule has 0 unspecified atom stereocenters. The number of hydrogen-bond donors (Lipinski definition) is 0. The largest absolute Gasteiger partial charge is 0.357 e. The molecule has 0 radical (unpaired) electrons. The molecule has 0 aromatic rings. The Balaban J connectivity index is 2.74. The van der Waals surface area contributed by atoms with Gasteiger partial charge in [-0.15, -0.1) is 11.8 Å². The van der Waals surface area contributed by atoms with Crippen LogP contribution in [-0.4, -0.2) is 19.0 Å². The molecule has 1 aliphatic heterocycles. The van der Waals surface area contributed by atoms with Gasteiger partial charge >= 0.3 is 7.60 Å². The fourth-order valence-corrected chi connectivity index (χ4v) is 4.29. The van der Waals surface area contributed by atoms with Crippen molar-refractivity contribution in [3.05, 3.63) is 10.7 Å². The Morgan fingerprint density at radius 2 is 2.07 bits per heavy atom. The van der Waals surface area contributed by atoms with Gasteiger partial charge < -0.3 is 9.05 Å². The monoisotopic (exact) mass is 236 g/mol. The van der Waals surface area contributed by atoms with Crippen LogP contribution in [0.1, 0.15) is 26.7 Å². The molecular formula is C9H17O3PS. The van der Waals surface area contributed by atoms with Gasteiger partial charge in [-0.05, 0) is 37.9 Å². The van der Waals surface area contributed by atoms with Crippen LogP contribution in [0.25, 0.3) is 0 Å². The highest BCUT2D eigenvalue weighted by molar-refractivity contribution is 8.02. The number of allylic oxidation sites excluding steroid dienone is 1. The molecule has 82 valence electrons. The van der Waals surface area contributed by atoms with Crippen LogP contribution in [0, 0.1) is 0 Å². The van der Waals surface area contributed by atoms with Crippen molar-refractivity contribution in [3.8, 4) is 0 Å². The molecule has 0 bridgehead atoms. The van der Waals surface area contributed by atoms with Gasteiger partial charge in [-0.2, -0.15) is 0 Å². The van der Waals surface area contributed by atoms with Gasteiger partial charge in [-0.25, -0.2) is 0 Å². The summed E-state index contributed by atoms with van der Waals surface area (Å²) in [6.45, 7) is 4.53. The third-order valence-corrected chi connectivity index (χ3v) is 5.27. The second kappa shape index (κ2) is 5.96. The lowest BCUT2D eigenvalue weighted by Crippen LogP contribution is -2.01. The third kappa shape index (κ3) is 3.13. The molecule has 0 saturated carbocycles. The average molecular weight is 236 g/mol. The van der Waals surface area contributed by atoms with E-state index < -0.39 is 7.60 Å². The van der Waals surface area contributed by atoms with Gasteiger partial charge in [-0.3, -0.25) is 4.57 Å². The summed E-state index contributed by atoms with van der Waals surface area (Å²) in [5.41, 5.74) is 0. The van der Waals surface area contributed by atoms with Crippen LogP contribution in [0.3, 0.4) is 0 Å². The normalized spacial score (nSPS) is 18.0. The van der Waals surface area contributed by atoms with E-state index in [4.69, 9.17) is 9.05 Å². The SMILES string of the molecule is CCOP(=O)(OCC)C1=CSCCC1. The van der Waals surface area contributed by atoms with Gasteiger partial charge in [-0.1, -0.05) is 0 Å². The van der Waals surface area contributed by atoms with Crippen LogP contribution in [-0.2, 0) is 13.6 Å². The number of rotatable bonds is 5. The molecule has 0 amide bonds. The van der Waals surface area contributed by atoms with E-state index in [0.717, 1.165) is 23.9 Å². The summed E-state index contributed by atoms with van der Waals surface area (Å²) in [4.78, 5) is 0. The molecule has 1 heterocycles. The Hall–Kier alpha value is 0.240. The highest BCUT2D eigenvalue weighted by atomic mass is 32.2. The first-order valence-electron chi connectivity index (χ1n) is 4.93. The van der Waals surface area contributed by atoms with Crippen molar-refractivity contribution in [2.24, 2.45) is 0 Å². The Morgan fingerprint density at radius 1 is 1.43 bits per heavy atom. The van der Waals surface area contributed by atoms with E-state index in [1.807, 2.05) is 19.3 Å². The van der Waals surface area contributed by atoms with Crippen LogP contribution in [0.15, 0.2) is 10.7 Å². The Morgan fingerprint density at radius 3 is 2.50 bits per heavy atom. The highest BCUT2D eigenvalue weighted by Crippen LogP contribution is 2.59. The van der Waals surface area contributed by atoms with E-state index in [9.17, 15) is 4.57 Å². The van der Waals surface area contributed by atoms with Crippen molar-refractivity contribution in [1.29, 1.82) is 0 Å².